The number of rotatable bonds is 9. The van der Waals surface area contributed by atoms with E-state index in [4.69, 9.17) is 9.47 Å². The van der Waals surface area contributed by atoms with E-state index in [1.54, 1.807) is 35.2 Å². The minimum Gasteiger partial charge on any atom is -0.490 e. The maximum Gasteiger partial charge on any atom is 0.335 e. The Labute approximate surface area is 285 Å². The van der Waals surface area contributed by atoms with Gasteiger partial charge in [-0.25, -0.2) is 9.59 Å². The van der Waals surface area contributed by atoms with E-state index >= 15 is 0 Å². The molecule has 1 heterocycles. The van der Waals surface area contributed by atoms with Crippen LogP contribution in [0.25, 0.3) is 0 Å². The highest BCUT2D eigenvalue weighted by atomic mass is 16.5. The van der Waals surface area contributed by atoms with Gasteiger partial charge in [0, 0.05) is 43.9 Å². The molecule has 0 aromatic heterocycles. The topological polar surface area (TPSA) is 141 Å². The quantitative estimate of drug-likeness (QED) is 0.265. The number of ether oxygens (including phenoxy) is 2. The predicted octanol–water partition coefficient (Wildman–Crippen LogP) is 5.77. The van der Waals surface area contributed by atoms with Gasteiger partial charge < -0.3 is 35.2 Å². The Kier molecular flexibility index (Phi) is 14.1. The van der Waals surface area contributed by atoms with Gasteiger partial charge in [0.2, 0.25) is 0 Å². The van der Waals surface area contributed by atoms with Crippen LogP contribution >= 0.6 is 0 Å². The summed E-state index contributed by atoms with van der Waals surface area (Å²) in [5.74, 6) is -0.880. The molecule has 4 atom stereocenters. The van der Waals surface area contributed by atoms with Crippen LogP contribution in [0.15, 0.2) is 42.5 Å². The molecular weight excluding hydrogens is 612 g/mol. The number of nitrogens with zero attached hydrogens (tertiary/aromatic N) is 2. The third-order valence-electron chi connectivity index (χ3n) is 9.39. The van der Waals surface area contributed by atoms with Gasteiger partial charge in [-0.3, -0.25) is 9.69 Å². The minimum absolute atomic E-state index is 0.0893. The number of carboxylic acid groups (broad SMARTS) is 1. The molecule has 1 aliphatic heterocycles. The van der Waals surface area contributed by atoms with Gasteiger partial charge in [-0.15, -0.1) is 0 Å². The zero-order valence-electron chi connectivity index (χ0n) is 29.0. The van der Waals surface area contributed by atoms with Crippen LogP contribution in [-0.4, -0.2) is 95.6 Å². The van der Waals surface area contributed by atoms with E-state index in [0.717, 1.165) is 50.5 Å². The van der Waals surface area contributed by atoms with Crippen molar-refractivity contribution in [1.29, 1.82) is 0 Å². The van der Waals surface area contributed by atoms with Crippen LogP contribution in [0, 0.1) is 5.92 Å². The summed E-state index contributed by atoms with van der Waals surface area (Å²) in [6.45, 7) is 7.75. The van der Waals surface area contributed by atoms with Crippen molar-refractivity contribution in [3.8, 4) is 5.75 Å². The van der Waals surface area contributed by atoms with Crippen molar-refractivity contribution in [3.05, 3.63) is 59.2 Å². The molecule has 2 aromatic carbocycles. The fourth-order valence-electron chi connectivity index (χ4n) is 6.50. The van der Waals surface area contributed by atoms with Gasteiger partial charge in [0.1, 0.15) is 5.75 Å². The number of aliphatic hydroxyl groups excluding tert-OH is 1. The smallest absolute Gasteiger partial charge is 0.335 e. The van der Waals surface area contributed by atoms with Crippen molar-refractivity contribution in [2.24, 2.45) is 5.92 Å². The molecule has 4 rings (SSSR count). The lowest BCUT2D eigenvalue weighted by Crippen LogP contribution is -2.47. The number of likely N-dealkylation sites (N-methyl/N-ethyl adjacent to an activating group) is 1. The molecule has 48 heavy (non-hydrogen) atoms. The molecule has 0 radical (unpaired) electrons. The van der Waals surface area contributed by atoms with Crippen molar-refractivity contribution in [2.45, 2.75) is 103 Å². The van der Waals surface area contributed by atoms with Crippen LogP contribution in [0.1, 0.15) is 98.4 Å². The van der Waals surface area contributed by atoms with E-state index in [2.05, 4.69) is 22.5 Å². The van der Waals surface area contributed by atoms with Gasteiger partial charge >= 0.3 is 12.0 Å². The highest BCUT2D eigenvalue weighted by Gasteiger charge is 2.30. The summed E-state index contributed by atoms with van der Waals surface area (Å²) in [7, 11) is 2.00. The molecule has 2 aromatic rings. The van der Waals surface area contributed by atoms with Gasteiger partial charge in [0.05, 0.1) is 36.0 Å². The lowest BCUT2D eigenvalue weighted by atomic mass is 9.96. The second-order valence-electron chi connectivity index (χ2n) is 13.6. The lowest BCUT2D eigenvalue weighted by Gasteiger charge is -2.36. The standard InChI is InChI=1S/C37H54N4O7/c1-25-21-41(26(2)24-42)35(43)32-20-31(39-37(46)38-30-11-6-5-7-12-30)17-18-33(32)48-27(3)10-8-9-19-47-34(25)23-40(4)22-28-13-15-29(16-14-28)36(44)45/h13-18,20,25-27,30,34,42H,5-12,19,21-24H2,1-4H3,(H,44,45)(H2,38,39,46)/t25-,26+,27-,34+/m1/s1. The average Bonchev–Trinajstić information content (AvgIpc) is 3.06. The highest BCUT2D eigenvalue weighted by Crippen LogP contribution is 2.29. The van der Waals surface area contributed by atoms with E-state index in [1.807, 2.05) is 33.0 Å². The van der Waals surface area contributed by atoms with Crippen LogP contribution in [-0.2, 0) is 11.3 Å². The number of carbonyl (C=O) groups excluding carboxylic acids is 2. The number of benzene rings is 2. The average molecular weight is 667 g/mol. The zero-order chi connectivity index (χ0) is 34.6. The minimum atomic E-state index is -0.954. The number of aromatic carboxylic acids is 1. The summed E-state index contributed by atoms with van der Waals surface area (Å²) in [6.07, 6.45) is 7.52. The van der Waals surface area contributed by atoms with Crippen molar-refractivity contribution < 1.29 is 34.1 Å². The number of nitrogens with one attached hydrogen (secondary N) is 2. The Morgan fingerprint density at radius 3 is 2.42 bits per heavy atom. The Morgan fingerprint density at radius 1 is 1.02 bits per heavy atom. The van der Waals surface area contributed by atoms with E-state index < -0.39 is 12.0 Å². The fraction of sp³-hybridized carbons (Fsp3) is 0.595. The summed E-state index contributed by atoms with van der Waals surface area (Å²) >= 11 is 0. The maximum atomic E-state index is 14.4. The molecule has 0 spiro atoms. The van der Waals surface area contributed by atoms with E-state index in [9.17, 15) is 24.6 Å². The Balaban J connectivity index is 1.55. The van der Waals surface area contributed by atoms with Gasteiger partial charge in [0.25, 0.3) is 5.91 Å². The molecule has 1 saturated carbocycles. The number of amides is 3. The van der Waals surface area contributed by atoms with Gasteiger partial charge in [-0.2, -0.15) is 0 Å². The largest absolute Gasteiger partial charge is 0.490 e. The van der Waals surface area contributed by atoms with E-state index in [1.165, 1.54) is 6.42 Å². The number of carbonyl (C=O) groups is 3. The number of hydrogen-bond acceptors (Lipinski definition) is 7. The molecule has 1 aliphatic carbocycles. The second-order valence-corrected chi connectivity index (χ2v) is 13.6. The molecule has 1 fully saturated rings. The highest BCUT2D eigenvalue weighted by molar-refractivity contribution is 5.99. The van der Waals surface area contributed by atoms with Crippen LogP contribution in [0.4, 0.5) is 10.5 Å². The number of anilines is 1. The molecule has 0 unspecified atom stereocenters. The zero-order valence-corrected chi connectivity index (χ0v) is 29.0. The summed E-state index contributed by atoms with van der Waals surface area (Å²) in [5, 5.41) is 25.5. The molecule has 0 bridgehead atoms. The molecule has 11 nitrogen and oxygen atoms in total. The molecule has 0 saturated heterocycles. The summed E-state index contributed by atoms with van der Waals surface area (Å²) in [6, 6.07) is 11.4. The Hall–Kier alpha value is -3.67. The van der Waals surface area contributed by atoms with Crippen molar-refractivity contribution in [1.82, 2.24) is 15.1 Å². The third kappa shape index (κ3) is 10.9. The summed E-state index contributed by atoms with van der Waals surface area (Å²) < 4.78 is 12.8. The number of fused-ring (bicyclic) bond motifs is 1. The Bertz CT molecular complexity index is 1350. The molecule has 3 amide bonds. The number of hydrogen-bond donors (Lipinski definition) is 4. The predicted molar refractivity (Wildman–Crippen MR) is 186 cm³/mol. The number of aliphatic hydroxyl groups is 1. The Morgan fingerprint density at radius 2 is 1.73 bits per heavy atom. The maximum absolute atomic E-state index is 14.4. The van der Waals surface area contributed by atoms with Crippen LogP contribution in [0.2, 0.25) is 0 Å². The fourth-order valence-corrected chi connectivity index (χ4v) is 6.50. The number of urea groups is 1. The van der Waals surface area contributed by atoms with E-state index in [0.29, 0.717) is 43.2 Å². The van der Waals surface area contributed by atoms with Crippen LogP contribution in [0.3, 0.4) is 0 Å². The molecule has 11 heteroatoms. The monoisotopic (exact) mass is 666 g/mol. The lowest BCUT2D eigenvalue weighted by molar-refractivity contribution is -0.0177. The summed E-state index contributed by atoms with van der Waals surface area (Å²) in [5.41, 5.74) is 2.07. The molecular formula is C37H54N4O7. The first-order chi connectivity index (χ1) is 23.0. The molecule has 2 aliphatic rings. The van der Waals surface area contributed by atoms with Crippen molar-refractivity contribution in [3.63, 3.8) is 0 Å². The first-order valence-electron chi connectivity index (χ1n) is 17.5. The van der Waals surface area contributed by atoms with Gasteiger partial charge in [0.15, 0.2) is 0 Å². The first-order valence-corrected chi connectivity index (χ1v) is 17.5. The van der Waals surface area contributed by atoms with Crippen molar-refractivity contribution in [2.75, 3.05) is 38.7 Å². The third-order valence-corrected chi connectivity index (χ3v) is 9.39. The second kappa shape index (κ2) is 18.2. The van der Waals surface area contributed by atoms with Gasteiger partial charge in [-0.05, 0) is 88.9 Å². The van der Waals surface area contributed by atoms with E-state index in [-0.39, 0.29) is 48.3 Å². The van der Waals surface area contributed by atoms with Crippen LogP contribution in [0.5, 0.6) is 5.75 Å². The molecule has 264 valence electrons. The van der Waals surface area contributed by atoms with Crippen molar-refractivity contribution >= 4 is 23.6 Å². The normalized spacial score (nSPS) is 22.2. The SMILES string of the molecule is C[C@@H]1CCCCO[C@@H](CN(C)Cc2ccc(C(=O)O)cc2)[C@H](C)CN([C@@H](C)CO)C(=O)c2cc(NC(=O)NC3CCCCC3)ccc2O1. The number of carboxylic acids is 1. The first kappa shape index (κ1) is 37.2. The van der Waals surface area contributed by atoms with Crippen LogP contribution < -0.4 is 15.4 Å². The molecule has 4 N–H and O–H groups in total. The van der Waals surface area contributed by atoms with Gasteiger partial charge in [-0.1, -0.05) is 38.3 Å². The summed E-state index contributed by atoms with van der Waals surface area (Å²) in [4.78, 5) is 42.3.